The van der Waals surface area contributed by atoms with Crippen molar-refractivity contribution in [3.05, 3.63) is 0 Å². The van der Waals surface area contributed by atoms with Crippen molar-refractivity contribution in [1.29, 1.82) is 0 Å². The van der Waals surface area contributed by atoms with Crippen molar-refractivity contribution in [2.45, 2.75) is 38.1 Å². The minimum Gasteiger partial charge on any atom is -0.353 e. The molecule has 1 fully saturated rings. The maximum Gasteiger partial charge on any atom is 0.248 e. The lowest BCUT2D eigenvalue weighted by Crippen LogP contribution is -2.43. The van der Waals surface area contributed by atoms with Crippen molar-refractivity contribution < 1.29 is 4.79 Å². The quantitative estimate of drug-likeness (QED) is 0.615. The van der Waals surface area contributed by atoms with Crippen LogP contribution in [0, 0.1) is 0 Å². The van der Waals surface area contributed by atoms with Crippen molar-refractivity contribution in [2.24, 2.45) is 4.99 Å². The monoisotopic (exact) mass is 181 g/mol. The fraction of sp³-hybridized carbons (Fsp3) is 0.778. The molecule has 13 heavy (non-hydrogen) atoms. The highest BCUT2D eigenvalue weighted by Gasteiger charge is 2.18. The molecule has 0 radical (unpaired) electrons. The zero-order valence-corrected chi connectivity index (χ0v) is 7.68. The summed E-state index contributed by atoms with van der Waals surface area (Å²) < 4.78 is 0. The van der Waals surface area contributed by atoms with Gasteiger partial charge in [-0.25, -0.2) is 4.99 Å². The van der Waals surface area contributed by atoms with Gasteiger partial charge in [0.05, 0.1) is 0 Å². The van der Waals surface area contributed by atoms with E-state index in [0.717, 1.165) is 0 Å². The molecule has 1 heterocycles. The van der Waals surface area contributed by atoms with Gasteiger partial charge in [0, 0.05) is 6.04 Å². The Kier molecular flexibility index (Phi) is 2.47. The number of amides is 1. The number of nitrogens with one attached hydrogen (secondary N) is 2. The first-order valence-electron chi connectivity index (χ1n) is 4.95. The maximum atomic E-state index is 10.8. The van der Waals surface area contributed by atoms with Crippen LogP contribution in [0.25, 0.3) is 0 Å². The van der Waals surface area contributed by atoms with Gasteiger partial charge < -0.3 is 5.32 Å². The van der Waals surface area contributed by atoms with E-state index in [1.54, 1.807) is 0 Å². The Morgan fingerprint density at radius 2 is 2.08 bits per heavy atom. The van der Waals surface area contributed by atoms with Crippen molar-refractivity contribution in [1.82, 2.24) is 10.6 Å². The molecule has 4 heteroatoms. The number of hydrogen-bond acceptors (Lipinski definition) is 3. The fourth-order valence-corrected chi connectivity index (χ4v) is 1.88. The zero-order chi connectivity index (χ0) is 9.10. The van der Waals surface area contributed by atoms with Gasteiger partial charge in [-0.2, -0.15) is 0 Å². The van der Waals surface area contributed by atoms with Gasteiger partial charge in [-0.05, 0) is 12.8 Å². The number of nitrogens with zero attached hydrogens (tertiary/aromatic N) is 1. The third kappa shape index (κ3) is 2.20. The number of carbonyl (C=O) groups is 1. The Labute approximate surface area is 77.8 Å². The molecular formula is C9H15N3O. The first kappa shape index (κ1) is 8.53. The molecule has 0 aromatic carbocycles. The smallest absolute Gasteiger partial charge is 0.248 e. The first-order chi connectivity index (χ1) is 6.34. The van der Waals surface area contributed by atoms with Crippen LogP contribution in [0.5, 0.6) is 0 Å². The Morgan fingerprint density at radius 1 is 1.31 bits per heavy atom. The van der Waals surface area contributed by atoms with Crippen LogP contribution in [-0.4, -0.2) is 24.5 Å². The molecule has 4 nitrogen and oxygen atoms in total. The standard InChI is InChI=1S/C9H15N3O/c13-8-6-10-9(12-8)11-7-4-2-1-3-5-7/h7H,1-6H2,(H2,10,11,12,13). The molecular weight excluding hydrogens is 166 g/mol. The predicted octanol–water partition coefficient (Wildman–Crippen LogP) is 0.394. The van der Waals surface area contributed by atoms with E-state index in [4.69, 9.17) is 0 Å². The van der Waals surface area contributed by atoms with Crippen LogP contribution in [0.3, 0.4) is 0 Å². The third-order valence-corrected chi connectivity index (χ3v) is 2.58. The Hall–Kier alpha value is -1.06. The van der Waals surface area contributed by atoms with E-state index < -0.39 is 0 Å². The van der Waals surface area contributed by atoms with E-state index >= 15 is 0 Å². The molecule has 0 saturated heterocycles. The lowest BCUT2D eigenvalue weighted by molar-refractivity contribution is -0.117. The maximum absolute atomic E-state index is 10.8. The molecule has 1 amide bonds. The fourth-order valence-electron chi connectivity index (χ4n) is 1.88. The lowest BCUT2D eigenvalue weighted by Gasteiger charge is -2.23. The minimum atomic E-state index is -0.00157. The third-order valence-electron chi connectivity index (χ3n) is 2.58. The summed E-state index contributed by atoms with van der Waals surface area (Å²) in [5.74, 6) is 0.676. The van der Waals surface area contributed by atoms with E-state index in [2.05, 4.69) is 15.6 Å². The van der Waals surface area contributed by atoms with Gasteiger partial charge in [0.1, 0.15) is 6.54 Å². The highest BCUT2D eigenvalue weighted by atomic mass is 16.2. The Morgan fingerprint density at radius 3 is 2.69 bits per heavy atom. The normalized spacial score (nSPS) is 24.0. The van der Waals surface area contributed by atoms with Gasteiger partial charge >= 0.3 is 0 Å². The average Bonchev–Trinajstić information content (AvgIpc) is 2.53. The highest BCUT2D eigenvalue weighted by molar-refractivity contribution is 6.02. The van der Waals surface area contributed by atoms with Crippen LogP contribution in [0.4, 0.5) is 0 Å². The van der Waals surface area contributed by atoms with E-state index in [-0.39, 0.29) is 12.5 Å². The zero-order valence-electron chi connectivity index (χ0n) is 7.68. The van der Waals surface area contributed by atoms with Crippen LogP contribution in [0.1, 0.15) is 32.1 Å². The summed E-state index contributed by atoms with van der Waals surface area (Å²) in [7, 11) is 0. The summed E-state index contributed by atoms with van der Waals surface area (Å²) in [6, 6.07) is 0.519. The minimum absolute atomic E-state index is 0.00157. The summed E-state index contributed by atoms with van der Waals surface area (Å²) in [6.45, 7) is 0.287. The highest BCUT2D eigenvalue weighted by Crippen LogP contribution is 2.17. The second kappa shape index (κ2) is 3.77. The van der Waals surface area contributed by atoms with Gasteiger partial charge in [0.2, 0.25) is 5.91 Å². The molecule has 1 saturated carbocycles. The van der Waals surface area contributed by atoms with Crippen molar-refractivity contribution >= 4 is 11.9 Å². The van der Waals surface area contributed by atoms with Crippen LogP contribution in [-0.2, 0) is 4.79 Å². The predicted molar refractivity (Wildman–Crippen MR) is 50.5 cm³/mol. The van der Waals surface area contributed by atoms with Gasteiger partial charge in [-0.15, -0.1) is 0 Å². The number of carbonyl (C=O) groups excluding carboxylic acids is 1. The topological polar surface area (TPSA) is 53.5 Å². The number of aliphatic imine (C=N–C) groups is 1. The molecule has 0 unspecified atom stereocenters. The first-order valence-corrected chi connectivity index (χ1v) is 4.95. The summed E-state index contributed by atoms with van der Waals surface area (Å²) in [5, 5.41) is 5.97. The summed E-state index contributed by atoms with van der Waals surface area (Å²) in [5.41, 5.74) is 0. The van der Waals surface area contributed by atoms with Crippen LogP contribution < -0.4 is 10.6 Å². The Bertz CT molecular complexity index is 231. The molecule has 0 bridgehead atoms. The summed E-state index contributed by atoms with van der Waals surface area (Å²) in [4.78, 5) is 14.9. The van der Waals surface area contributed by atoms with Gasteiger partial charge in [0.25, 0.3) is 0 Å². The summed E-state index contributed by atoms with van der Waals surface area (Å²) >= 11 is 0. The molecule has 1 aliphatic carbocycles. The molecule has 2 aliphatic rings. The summed E-state index contributed by atoms with van der Waals surface area (Å²) in [6.07, 6.45) is 6.33. The van der Waals surface area contributed by atoms with Crippen molar-refractivity contribution in [3.63, 3.8) is 0 Å². The van der Waals surface area contributed by atoms with Gasteiger partial charge in [-0.3, -0.25) is 10.1 Å². The van der Waals surface area contributed by atoms with E-state index in [0.29, 0.717) is 12.0 Å². The molecule has 72 valence electrons. The van der Waals surface area contributed by atoms with Crippen LogP contribution in [0.2, 0.25) is 0 Å². The van der Waals surface area contributed by atoms with Gasteiger partial charge in [-0.1, -0.05) is 19.3 Å². The number of hydrogen-bond donors (Lipinski definition) is 2. The van der Waals surface area contributed by atoms with Crippen LogP contribution >= 0.6 is 0 Å². The molecule has 0 atom stereocenters. The second-order valence-corrected chi connectivity index (χ2v) is 3.69. The van der Waals surface area contributed by atoms with Crippen molar-refractivity contribution in [2.75, 3.05) is 6.54 Å². The van der Waals surface area contributed by atoms with Crippen molar-refractivity contribution in [3.8, 4) is 0 Å². The number of guanidine groups is 1. The molecule has 1 aliphatic heterocycles. The molecule has 0 aromatic heterocycles. The molecule has 0 spiro atoms. The number of rotatable bonds is 1. The molecule has 2 N–H and O–H groups in total. The molecule has 2 rings (SSSR count). The average molecular weight is 181 g/mol. The van der Waals surface area contributed by atoms with E-state index in [9.17, 15) is 4.79 Å². The largest absolute Gasteiger partial charge is 0.353 e. The van der Waals surface area contributed by atoms with E-state index in [1.807, 2.05) is 0 Å². The van der Waals surface area contributed by atoms with Crippen LogP contribution in [0.15, 0.2) is 4.99 Å². The SMILES string of the molecule is O=C1CN=C(NC2CCCCC2)N1. The second-order valence-electron chi connectivity index (χ2n) is 3.69. The van der Waals surface area contributed by atoms with Gasteiger partial charge in [0.15, 0.2) is 5.96 Å². The Balaban J connectivity index is 1.80. The van der Waals surface area contributed by atoms with E-state index in [1.165, 1.54) is 32.1 Å². The lowest BCUT2D eigenvalue weighted by atomic mass is 9.96. The molecule has 0 aromatic rings.